The van der Waals surface area contributed by atoms with Crippen LogP contribution in [0, 0.1) is 0 Å². The number of nitrogens with one attached hydrogen (secondary N) is 1. The Bertz CT molecular complexity index is 1140. The second-order valence-corrected chi connectivity index (χ2v) is 8.29. The van der Waals surface area contributed by atoms with Gasteiger partial charge in [-0.05, 0) is 43.2 Å². The quantitative estimate of drug-likeness (QED) is 0.620. The monoisotopic (exact) mass is 450 g/mol. The van der Waals surface area contributed by atoms with Crippen molar-refractivity contribution in [1.29, 1.82) is 0 Å². The lowest BCUT2D eigenvalue weighted by Crippen LogP contribution is -2.47. The summed E-state index contributed by atoms with van der Waals surface area (Å²) >= 11 is 0. The Labute approximate surface area is 191 Å². The number of aromatic amines is 1. The van der Waals surface area contributed by atoms with Crippen molar-refractivity contribution in [2.24, 2.45) is 0 Å². The molecule has 0 bridgehead atoms. The fourth-order valence-corrected chi connectivity index (χ4v) is 4.44. The number of fused-ring (bicyclic) bond motifs is 1. The average Bonchev–Trinajstić information content (AvgIpc) is 3.46. The number of carbonyl (C=O) groups is 2. The lowest BCUT2D eigenvalue weighted by Gasteiger charge is -2.35. The molecule has 2 aliphatic rings. The predicted molar refractivity (Wildman–Crippen MR) is 120 cm³/mol. The topological polar surface area (TPSA) is 97.0 Å². The number of hydrogen-bond donors (Lipinski definition) is 1. The van der Waals surface area contributed by atoms with Crippen molar-refractivity contribution >= 4 is 22.9 Å². The van der Waals surface area contributed by atoms with Crippen LogP contribution >= 0.6 is 0 Å². The Morgan fingerprint density at radius 3 is 2.61 bits per heavy atom. The van der Waals surface area contributed by atoms with E-state index in [1.54, 1.807) is 12.0 Å². The van der Waals surface area contributed by atoms with Gasteiger partial charge in [-0.2, -0.15) is 5.10 Å². The van der Waals surface area contributed by atoms with Gasteiger partial charge in [0, 0.05) is 24.5 Å². The average molecular weight is 450 g/mol. The van der Waals surface area contributed by atoms with Crippen LogP contribution in [-0.2, 0) is 4.74 Å². The molecule has 33 heavy (non-hydrogen) atoms. The van der Waals surface area contributed by atoms with Crippen LogP contribution in [0.3, 0.4) is 0 Å². The fraction of sp³-hybridized carbons (Fsp3) is 0.375. The third-order valence-electron chi connectivity index (χ3n) is 6.26. The van der Waals surface area contributed by atoms with Crippen LogP contribution in [0.1, 0.15) is 23.3 Å². The fourth-order valence-electron chi connectivity index (χ4n) is 4.44. The summed E-state index contributed by atoms with van der Waals surface area (Å²) in [5, 5.41) is 7.97. The highest BCUT2D eigenvalue weighted by molar-refractivity contribution is 6.04. The van der Waals surface area contributed by atoms with E-state index in [0.717, 1.165) is 16.7 Å². The molecule has 1 atom stereocenters. The van der Waals surface area contributed by atoms with Gasteiger partial charge in [0.25, 0.3) is 5.91 Å². The first-order valence-electron chi connectivity index (χ1n) is 11.1. The molecule has 1 aromatic heterocycles. The molecule has 2 fully saturated rings. The Kier molecular flexibility index (Phi) is 5.77. The van der Waals surface area contributed by atoms with E-state index in [4.69, 9.17) is 14.2 Å². The van der Waals surface area contributed by atoms with Crippen LogP contribution in [0.25, 0.3) is 10.9 Å². The number of methoxy groups -OCH3 is 1. The number of benzene rings is 2. The zero-order chi connectivity index (χ0) is 22.8. The molecule has 0 spiro atoms. The first-order valence-corrected chi connectivity index (χ1v) is 11.1. The minimum atomic E-state index is -0.324. The van der Waals surface area contributed by atoms with E-state index in [0.29, 0.717) is 43.9 Å². The van der Waals surface area contributed by atoms with Crippen LogP contribution in [-0.4, -0.2) is 77.5 Å². The molecule has 9 nitrogen and oxygen atoms in total. The molecule has 0 radical (unpaired) electrons. The van der Waals surface area contributed by atoms with Gasteiger partial charge in [-0.3, -0.25) is 9.89 Å². The van der Waals surface area contributed by atoms with Crippen molar-refractivity contribution in [3.05, 3.63) is 54.2 Å². The summed E-state index contributed by atoms with van der Waals surface area (Å²) in [6.45, 7) is 1.92. The van der Waals surface area contributed by atoms with Gasteiger partial charge in [-0.1, -0.05) is 18.2 Å². The number of amides is 2. The highest BCUT2D eigenvalue weighted by Crippen LogP contribution is 2.25. The lowest BCUT2D eigenvalue weighted by molar-refractivity contribution is 0.0654. The van der Waals surface area contributed by atoms with Crippen molar-refractivity contribution in [2.45, 2.75) is 25.0 Å². The molecule has 3 heterocycles. The molecule has 0 saturated carbocycles. The van der Waals surface area contributed by atoms with Gasteiger partial charge in [0.1, 0.15) is 18.1 Å². The zero-order valence-corrected chi connectivity index (χ0v) is 18.4. The normalized spacial score (nSPS) is 19.1. The van der Waals surface area contributed by atoms with E-state index in [-0.39, 0.29) is 30.8 Å². The van der Waals surface area contributed by atoms with Gasteiger partial charge >= 0.3 is 6.09 Å². The van der Waals surface area contributed by atoms with Gasteiger partial charge in [0.2, 0.25) is 0 Å². The number of piperidine rings is 1. The minimum Gasteiger partial charge on any atom is -0.497 e. The molecule has 2 aliphatic heterocycles. The Morgan fingerprint density at radius 1 is 1.12 bits per heavy atom. The number of hydrogen-bond acceptors (Lipinski definition) is 6. The number of likely N-dealkylation sites (tertiary alicyclic amines) is 1. The van der Waals surface area contributed by atoms with Gasteiger partial charge < -0.3 is 24.0 Å². The number of aromatic nitrogens is 2. The minimum absolute atomic E-state index is 0.0449. The second-order valence-electron chi connectivity index (χ2n) is 8.29. The van der Waals surface area contributed by atoms with E-state index in [1.807, 2.05) is 53.4 Å². The molecule has 1 N–H and O–H groups in total. The van der Waals surface area contributed by atoms with Crippen LogP contribution in [0.15, 0.2) is 48.5 Å². The highest BCUT2D eigenvalue weighted by Gasteiger charge is 2.38. The molecular weight excluding hydrogens is 424 g/mol. The molecule has 0 aliphatic carbocycles. The van der Waals surface area contributed by atoms with E-state index < -0.39 is 0 Å². The third kappa shape index (κ3) is 4.30. The number of carbonyl (C=O) groups excluding carboxylic acids is 2. The SMILES string of the molecule is COc1ccc(OCC2CN(C3CCN(C(=O)c4n[nH]c5ccccc45)CC3)C(=O)O2)cc1. The van der Waals surface area contributed by atoms with Gasteiger partial charge in [0.15, 0.2) is 11.8 Å². The summed E-state index contributed by atoms with van der Waals surface area (Å²) in [6.07, 6.45) is 0.765. The molecule has 5 rings (SSSR count). The number of H-pyrrole nitrogens is 1. The van der Waals surface area contributed by atoms with Crippen LogP contribution in [0.2, 0.25) is 0 Å². The lowest BCUT2D eigenvalue weighted by atomic mass is 10.0. The molecule has 3 aromatic rings. The molecule has 9 heteroatoms. The van der Waals surface area contributed by atoms with E-state index >= 15 is 0 Å². The Hall–Kier alpha value is -3.75. The Morgan fingerprint density at radius 2 is 1.85 bits per heavy atom. The molecule has 2 saturated heterocycles. The van der Waals surface area contributed by atoms with E-state index in [9.17, 15) is 9.59 Å². The Balaban J connectivity index is 1.14. The summed E-state index contributed by atoms with van der Waals surface area (Å²) in [5.41, 5.74) is 1.29. The molecule has 2 aromatic carbocycles. The standard InChI is InChI=1S/C24H26N4O5/c1-31-17-6-8-18(9-7-17)32-15-19-14-28(24(30)33-19)16-10-12-27(13-11-16)23(29)22-20-4-2-3-5-21(20)25-26-22/h2-9,16,19H,10-15H2,1H3,(H,25,26). The molecule has 172 valence electrons. The maximum absolute atomic E-state index is 13.0. The summed E-state index contributed by atoms with van der Waals surface area (Å²) < 4.78 is 16.4. The maximum Gasteiger partial charge on any atom is 0.410 e. The van der Waals surface area contributed by atoms with Gasteiger partial charge in [-0.25, -0.2) is 4.79 Å². The molecule has 1 unspecified atom stereocenters. The number of cyclic esters (lactones) is 1. The second kappa shape index (κ2) is 9.01. The molecular formula is C24H26N4O5. The summed E-state index contributed by atoms with van der Waals surface area (Å²) in [7, 11) is 1.61. The molecule has 2 amide bonds. The van der Waals surface area contributed by atoms with Crippen molar-refractivity contribution in [2.75, 3.05) is 33.4 Å². The van der Waals surface area contributed by atoms with Crippen molar-refractivity contribution in [3.8, 4) is 11.5 Å². The smallest absolute Gasteiger partial charge is 0.410 e. The van der Waals surface area contributed by atoms with Crippen molar-refractivity contribution < 1.29 is 23.8 Å². The van der Waals surface area contributed by atoms with E-state index in [1.165, 1.54) is 0 Å². The predicted octanol–water partition coefficient (Wildman–Crippen LogP) is 3.08. The van der Waals surface area contributed by atoms with Crippen molar-refractivity contribution in [3.63, 3.8) is 0 Å². The third-order valence-corrected chi connectivity index (χ3v) is 6.26. The largest absolute Gasteiger partial charge is 0.497 e. The highest BCUT2D eigenvalue weighted by atomic mass is 16.6. The van der Waals surface area contributed by atoms with Gasteiger partial charge in [0.05, 0.1) is 19.2 Å². The van der Waals surface area contributed by atoms with Crippen LogP contribution in [0.5, 0.6) is 11.5 Å². The summed E-state index contributed by atoms with van der Waals surface area (Å²) in [6, 6.07) is 14.9. The number of rotatable bonds is 6. The summed E-state index contributed by atoms with van der Waals surface area (Å²) in [4.78, 5) is 29.0. The van der Waals surface area contributed by atoms with Gasteiger partial charge in [-0.15, -0.1) is 0 Å². The zero-order valence-electron chi connectivity index (χ0n) is 18.4. The maximum atomic E-state index is 13.0. The first kappa shape index (κ1) is 21.1. The number of ether oxygens (including phenoxy) is 3. The number of nitrogens with zero attached hydrogens (tertiary/aromatic N) is 3. The van der Waals surface area contributed by atoms with E-state index in [2.05, 4.69) is 10.2 Å². The number of para-hydroxylation sites is 1. The summed E-state index contributed by atoms with van der Waals surface area (Å²) in [5.74, 6) is 1.37. The first-order chi connectivity index (χ1) is 16.1. The van der Waals surface area contributed by atoms with Crippen LogP contribution in [0.4, 0.5) is 4.79 Å². The van der Waals surface area contributed by atoms with Crippen LogP contribution < -0.4 is 9.47 Å². The van der Waals surface area contributed by atoms with Crippen molar-refractivity contribution in [1.82, 2.24) is 20.0 Å².